The van der Waals surface area contributed by atoms with Crippen molar-refractivity contribution in [1.82, 2.24) is 9.97 Å². The number of hydrogen-bond donors (Lipinski definition) is 2. The molecule has 2 aromatic heterocycles. The highest BCUT2D eigenvalue weighted by molar-refractivity contribution is 7.19. The van der Waals surface area contributed by atoms with Crippen LogP contribution in [0.25, 0.3) is 10.2 Å². The highest BCUT2D eigenvalue weighted by Crippen LogP contribution is 2.43. The van der Waals surface area contributed by atoms with Crippen LogP contribution in [-0.2, 0) is 11.2 Å². The molecule has 106 valence electrons. The molecule has 0 radical (unpaired) electrons. The molecule has 5 nitrogen and oxygen atoms in total. The highest BCUT2D eigenvalue weighted by atomic mass is 32.1. The molecule has 20 heavy (non-hydrogen) atoms. The lowest BCUT2D eigenvalue weighted by molar-refractivity contribution is -0.136. The Bertz CT molecular complexity index is 653. The van der Waals surface area contributed by atoms with Gasteiger partial charge in [0.2, 0.25) is 0 Å². The second-order valence-corrected chi connectivity index (χ2v) is 6.29. The summed E-state index contributed by atoms with van der Waals surface area (Å²) in [5.41, 5.74) is 1.37. The molecule has 1 atom stereocenters. The van der Waals surface area contributed by atoms with Crippen molar-refractivity contribution in [3.05, 3.63) is 16.8 Å². The molecule has 1 aliphatic rings. The molecule has 0 spiro atoms. The molecule has 2 N–H and O–H groups in total. The van der Waals surface area contributed by atoms with E-state index in [-0.39, 0.29) is 6.42 Å². The molecule has 0 aliphatic heterocycles. The van der Waals surface area contributed by atoms with Crippen molar-refractivity contribution in [2.75, 3.05) is 11.9 Å². The summed E-state index contributed by atoms with van der Waals surface area (Å²) in [4.78, 5) is 21.7. The Morgan fingerprint density at radius 2 is 2.40 bits per heavy atom. The van der Waals surface area contributed by atoms with E-state index in [1.54, 1.807) is 17.7 Å². The minimum atomic E-state index is -0.802. The first-order chi connectivity index (χ1) is 9.66. The van der Waals surface area contributed by atoms with Gasteiger partial charge in [-0.1, -0.05) is 6.92 Å². The van der Waals surface area contributed by atoms with Gasteiger partial charge in [-0.25, -0.2) is 9.97 Å². The lowest BCUT2D eigenvalue weighted by Gasteiger charge is -2.19. The Balaban J connectivity index is 1.99. The van der Waals surface area contributed by atoms with Crippen LogP contribution in [0.3, 0.4) is 0 Å². The minimum Gasteiger partial charge on any atom is -0.481 e. The van der Waals surface area contributed by atoms with Gasteiger partial charge in [-0.15, -0.1) is 11.3 Å². The third-order valence-corrected chi connectivity index (χ3v) is 4.94. The Morgan fingerprint density at radius 1 is 1.55 bits per heavy atom. The molecular weight excluding hydrogens is 274 g/mol. The van der Waals surface area contributed by atoms with Gasteiger partial charge in [0.25, 0.3) is 0 Å². The second-order valence-electron chi connectivity index (χ2n) is 5.21. The van der Waals surface area contributed by atoms with Gasteiger partial charge >= 0.3 is 5.97 Å². The third-order valence-electron chi connectivity index (χ3n) is 3.77. The molecule has 0 amide bonds. The maximum atomic E-state index is 10.6. The van der Waals surface area contributed by atoms with E-state index in [9.17, 15) is 4.79 Å². The van der Waals surface area contributed by atoms with Gasteiger partial charge in [-0.3, -0.25) is 4.79 Å². The molecule has 1 aliphatic carbocycles. The van der Waals surface area contributed by atoms with Gasteiger partial charge in [-0.05, 0) is 30.7 Å². The standard InChI is InChI=1S/C14H17N3O2S/c1-8-3-2-4-9-11(8)12-13(15-6-5-10(18)19)16-7-17-14(12)20-9/h7-8H,2-6H2,1H3,(H,18,19)(H,15,16,17). The van der Waals surface area contributed by atoms with Crippen LogP contribution in [0.4, 0.5) is 5.82 Å². The van der Waals surface area contributed by atoms with Gasteiger partial charge < -0.3 is 10.4 Å². The van der Waals surface area contributed by atoms with Crippen LogP contribution >= 0.6 is 11.3 Å². The van der Waals surface area contributed by atoms with E-state index in [0.29, 0.717) is 12.5 Å². The van der Waals surface area contributed by atoms with Crippen molar-refractivity contribution in [3.63, 3.8) is 0 Å². The summed E-state index contributed by atoms with van der Waals surface area (Å²) in [5.74, 6) is 0.504. The van der Waals surface area contributed by atoms with Crippen molar-refractivity contribution in [2.45, 2.75) is 38.5 Å². The van der Waals surface area contributed by atoms with Crippen LogP contribution in [-0.4, -0.2) is 27.6 Å². The van der Waals surface area contributed by atoms with Crippen LogP contribution in [0.5, 0.6) is 0 Å². The van der Waals surface area contributed by atoms with Crippen LogP contribution < -0.4 is 5.32 Å². The number of anilines is 1. The zero-order chi connectivity index (χ0) is 14.1. The van der Waals surface area contributed by atoms with Crippen molar-refractivity contribution in [3.8, 4) is 0 Å². The molecule has 3 rings (SSSR count). The predicted molar refractivity (Wildman–Crippen MR) is 79.5 cm³/mol. The number of aromatic nitrogens is 2. The van der Waals surface area contributed by atoms with Crippen LogP contribution in [0.2, 0.25) is 0 Å². The number of nitrogens with one attached hydrogen (secondary N) is 1. The summed E-state index contributed by atoms with van der Waals surface area (Å²) < 4.78 is 0. The Hall–Kier alpha value is -1.69. The average Bonchev–Trinajstić information content (AvgIpc) is 2.78. The lowest BCUT2D eigenvalue weighted by Crippen LogP contribution is -2.10. The largest absolute Gasteiger partial charge is 0.481 e. The van der Waals surface area contributed by atoms with Gasteiger partial charge in [0, 0.05) is 11.4 Å². The monoisotopic (exact) mass is 291 g/mol. The van der Waals surface area contributed by atoms with Crippen LogP contribution in [0.1, 0.15) is 42.5 Å². The maximum absolute atomic E-state index is 10.6. The summed E-state index contributed by atoms with van der Waals surface area (Å²) in [5, 5.41) is 13.0. The van der Waals surface area contributed by atoms with E-state index in [1.165, 1.54) is 23.3 Å². The minimum absolute atomic E-state index is 0.0907. The summed E-state index contributed by atoms with van der Waals surface area (Å²) in [7, 11) is 0. The summed E-state index contributed by atoms with van der Waals surface area (Å²) in [6, 6.07) is 0. The fraction of sp³-hybridized carbons (Fsp3) is 0.500. The second kappa shape index (κ2) is 5.36. The molecule has 6 heteroatoms. The number of aliphatic carboxylic acids is 1. The van der Waals surface area contributed by atoms with Crippen molar-refractivity contribution in [1.29, 1.82) is 0 Å². The number of rotatable bonds is 4. The van der Waals surface area contributed by atoms with E-state index < -0.39 is 5.97 Å². The van der Waals surface area contributed by atoms with E-state index >= 15 is 0 Å². The average molecular weight is 291 g/mol. The van der Waals surface area contributed by atoms with Crippen molar-refractivity contribution < 1.29 is 9.90 Å². The third kappa shape index (κ3) is 2.35. The first-order valence-corrected chi connectivity index (χ1v) is 7.70. The lowest BCUT2D eigenvalue weighted by atomic mass is 9.87. The zero-order valence-electron chi connectivity index (χ0n) is 11.3. The molecule has 0 saturated heterocycles. The maximum Gasteiger partial charge on any atom is 0.305 e. The molecule has 0 saturated carbocycles. The number of hydrogen-bond acceptors (Lipinski definition) is 5. The SMILES string of the molecule is CC1CCCc2sc3ncnc(NCCC(=O)O)c3c21. The van der Waals surface area contributed by atoms with E-state index in [0.717, 1.165) is 22.5 Å². The fourth-order valence-corrected chi connectivity index (χ4v) is 4.14. The Kier molecular flexibility index (Phi) is 3.56. The molecule has 2 aromatic rings. The summed E-state index contributed by atoms with van der Waals surface area (Å²) in [6.45, 7) is 2.64. The number of carboxylic acids is 1. The van der Waals surface area contributed by atoms with Crippen LogP contribution in [0, 0.1) is 0 Å². The molecule has 0 fully saturated rings. The van der Waals surface area contributed by atoms with E-state index in [2.05, 4.69) is 22.2 Å². The summed E-state index contributed by atoms with van der Waals surface area (Å²) >= 11 is 1.75. The molecular formula is C14H17N3O2S. The first kappa shape index (κ1) is 13.3. The number of carboxylic acid groups (broad SMARTS) is 1. The zero-order valence-corrected chi connectivity index (χ0v) is 12.2. The van der Waals surface area contributed by atoms with Gasteiger partial charge in [0.05, 0.1) is 11.8 Å². The molecule has 1 unspecified atom stereocenters. The number of thiophene rings is 1. The Morgan fingerprint density at radius 3 is 3.20 bits per heavy atom. The molecule has 2 heterocycles. The molecule has 0 bridgehead atoms. The molecule has 0 aromatic carbocycles. The van der Waals surface area contributed by atoms with Crippen LogP contribution in [0.15, 0.2) is 6.33 Å². The highest BCUT2D eigenvalue weighted by Gasteiger charge is 2.24. The Labute approximate surface area is 121 Å². The first-order valence-electron chi connectivity index (χ1n) is 6.88. The summed E-state index contributed by atoms with van der Waals surface area (Å²) in [6.07, 6.45) is 5.19. The topological polar surface area (TPSA) is 75.1 Å². The normalized spacial score (nSPS) is 17.9. The number of aryl methyl sites for hydroxylation is 1. The number of fused-ring (bicyclic) bond motifs is 3. The van der Waals surface area contributed by atoms with Crippen molar-refractivity contribution in [2.24, 2.45) is 0 Å². The predicted octanol–water partition coefficient (Wildman–Crippen LogP) is 3.02. The van der Waals surface area contributed by atoms with E-state index in [4.69, 9.17) is 5.11 Å². The van der Waals surface area contributed by atoms with Gasteiger partial charge in [0.1, 0.15) is 17.0 Å². The smallest absolute Gasteiger partial charge is 0.305 e. The number of nitrogens with zero attached hydrogens (tertiary/aromatic N) is 2. The van der Waals surface area contributed by atoms with Crippen molar-refractivity contribution >= 4 is 33.3 Å². The van der Waals surface area contributed by atoms with Gasteiger partial charge in [-0.2, -0.15) is 0 Å². The quantitative estimate of drug-likeness (QED) is 0.905. The van der Waals surface area contributed by atoms with Gasteiger partial charge in [0.15, 0.2) is 0 Å². The van der Waals surface area contributed by atoms with E-state index in [1.807, 2.05) is 0 Å². The fourth-order valence-electron chi connectivity index (χ4n) is 2.84. The number of carbonyl (C=O) groups is 1.